The van der Waals surface area contributed by atoms with Crippen LogP contribution >= 0.6 is 22.9 Å². The molecule has 0 saturated carbocycles. The number of carbonyl (C=O) groups is 1. The van der Waals surface area contributed by atoms with Gasteiger partial charge in [-0.1, -0.05) is 11.6 Å². The van der Waals surface area contributed by atoms with Crippen molar-refractivity contribution in [2.45, 2.75) is 0 Å². The Kier molecular flexibility index (Phi) is 1.94. The average Bonchev–Trinajstić information content (AvgIpc) is 2.45. The number of aromatic carboxylic acids is 1. The number of carboxylic acids is 1. The lowest BCUT2D eigenvalue weighted by atomic mass is 10.3. The Hall–Kier alpha value is -1.13. The largest absolute Gasteiger partial charge is 0.477 e. The minimum absolute atomic E-state index is 0.171. The van der Waals surface area contributed by atoms with Gasteiger partial charge in [-0.05, 0) is 6.07 Å². The van der Waals surface area contributed by atoms with E-state index >= 15 is 0 Å². The standard InChI is InChI=1S/C8H4ClNO2S/c9-6-4-1-2-10-3-5(4)13-7(6)8(11)12/h1-3H,(H,11,12). The van der Waals surface area contributed by atoms with Crippen LogP contribution in [0.25, 0.3) is 10.1 Å². The molecule has 2 aromatic rings. The lowest BCUT2D eigenvalue weighted by Gasteiger charge is -1.87. The molecule has 0 aliphatic rings. The molecule has 3 nitrogen and oxygen atoms in total. The molecule has 0 unspecified atom stereocenters. The van der Waals surface area contributed by atoms with Crippen LogP contribution in [0.1, 0.15) is 9.67 Å². The van der Waals surface area contributed by atoms with Gasteiger partial charge in [0.05, 0.1) is 9.72 Å². The van der Waals surface area contributed by atoms with Gasteiger partial charge in [0, 0.05) is 17.8 Å². The number of aromatic nitrogens is 1. The Morgan fingerprint density at radius 1 is 1.62 bits per heavy atom. The maximum atomic E-state index is 10.7. The van der Waals surface area contributed by atoms with Gasteiger partial charge in [-0.2, -0.15) is 0 Å². The smallest absolute Gasteiger partial charge is 0.347 e. The van der Waals surface area contributed by atoms with E-state index in [1.54, 1.807) is 18.5 Å². The van der Waals surface area contributed by atoms with Crippen LogP contribution in [0.4, 0.5) is 0 Å². The summed E-state index contributed by atoms with van der Waals surface area (Å²) in [4.78, 5) is 14.8. The quantitative estimate of drug-likeness (QED) is 0.792. The molecule has 0 aliphatic heterocycles. The molecule has 2 aromatic heterocycles. The minimum atomic E-state index is -0.994. The zero-order valence-electron chi connectivity index (χ0n) is 6.32. The average molecular weight is 214 g/mol. The van der Waals surface area contributed by atoms with Crippen molar-refractivity contribution in [2.75, 3.05) is 0 Å². The zero-order valence-corrected chi connectivity index (χ0v) is 7.89. The highest BCUT2D eigenvalue weighted by atomic mass is 35.5. The summed E-state index contributed by atoms with van der Waals surface area (Å²) in [6.45, 7) is 0. The Balaban J connectivity index is 2.81. The van der Waals surface area contributed by atoms with E-state index in [0.29, 0.717) is 5.02 Å². The van der Waals surface area contributed by atoms with Crippen LogP contribution in [0, 0.1) is 0 Å². The fraction of sp³-hybridized carbons (Fsp3) is 0. The Bertz CT molecular complexity index is 480. The molecule has 1 N–H and O–H groups in total. The van der Waals surface area contributed by atoms with Crippen LogP contribution in [0.5, 0.6) is 0 Å². The van der Waals surface area contributed by atoms with Crippen molar-refractivity contribution in [2.24, 2.45) is 0 Å². The Morgan fingerprint density at radius 3 is 3.00 bits per heavy atom. The molecule has 0 aliphatic carbocycles. The Labute approximate surface area is 82.6 Å². The monoisotopic (exact) mass is 213 g/mol. The second kappa shape index (κ2) is 2.97. The third kappa shape index (κ3) is 1.28. The van der Waals surface area contributed by atoms with Crippen molar-refractivity contribution in [3.05, 3.63) is 28.4 Å². The number of rotatable bonds is 1. The van der Waals surface area contributed by atoms with E-state index in [0.717, 1.165) is 21.4 Å². The predicted molar refractivity (Wildman–Crippen MR) is 51.6 cm³/mol. The number of carboxylic acid groups (broad SMARTS) is 1. The third-order valence-corrected chi connectivity index (χ3v) is 3.26. The summed E-state index contributed by atoms with van der Waals surface area (Å²) in [6, 6.07) is 1.71. The molecule has 0 amide bonds. The first-order valence-electron chi connectivity index (χ1n) is 3.45. The molecular formula is C8H4ClNO2S. The van der Waals surface area contributed by atoms with Gasteiger partial charge < -0.3 is 5.11 Å². The first-order valence-corrected chi connectivity index (χ1v) is 4.65. The molecule has 0 aromatic carbocycles. The topological polar surface area (TPSA) is 50.2 Å². The highest BCUT2D eigenvalue weighted by Gasteiger charge is 2.15. The highest BCUT2D eigenvalue weighted by Crippen LogP contribution is 2.34. The number of nitrogens with zero attached hydrogens (tertiary/aromatic N) is 1. The predicted octanol–water partition coefficient (Wildman–Crippen LogP) is 2.65. The fourth-order valence-electron chi connectivity index (χ4n) is 1.06. The van der Waals surface area contributed by atoms with Crippen molar-refractivity contribution >= 4 is 39.0 Å². The van der Waals surface area contributed by atoms with Gasteiger partial charge in [0.2, 0.25) is 0 Å². The molecule has 2 rings (SSSR count). The second-order valence-electron chi connectivity index (χ2n) is 2.42. The van der Waals surface area contributed by atoms with E-state index in [9.17, 15) is 4.79 Å². The van der Waals surface area contributed by atoms with Crippen LogP contribution in [0.15, 0.2) is 18.5 Å². The zero-order chi connectivity index (χ0) is 9.42. The van der Waals surface area contributed by atoms with Gasteiger partial charge in [-0.15, -0.1) is 11.3 Å². The van der Waals surface area contributed by atoms with Crippen LogP contribution < -0.4 is 0 Å². The van der Waals surface area contributed by atoms with E-state index in [-0.39, 0.29) is 4.88 Å². The highest BCUT2D eigenvalue weighted by molar-refractivity contribution is 7.21. The summed E-state index contributed by atoms with van der Waals surface area (Å²) in [5, 5.41) is 9.82. The van der Waals surface area contributed by atoms with Crippen molar-refractivity contribution in [3.8, 4) is 0 Å². The van der Waals surface area contributed by atoms with Gasteiger partial charge in [0.1, 0.15) is 4.88 Å². The first-order chi connectivity index (χ1) is 6.20. The molecule has 0 fully saturated rings. The maximum Gasteiger partial charge on any atom is 0.347 e. The van der Waals surface area contributed by atoms with Gasteiger partial charge in [0.15, 0.2) is 0 Å². The normalized spacial score (nSPS) is 10.5. The lowest BCUT2D eigenvalue weighted by molar-refractivity contribution is 0.0702. The van der Waals surface area contributed by atoms with Gasteiger partial charge in [-0.3, -0.25) is 4.98 Å². The van der Waals surface area contributed by atoms with Crippen LogP contribution in [-0.2, 0) is 0 Å². The molecule has 0 atom stereocenters. The summed E-state index contributed by atoms with van der Waals surface area (Å²) < 4.78 is 0.796. The van der Waals surface area contributed by atoms with Crippen LogP contribution in [0.2, 0.25) is 5.02 Å². The van der Waals surface area contributed by atoms with Crippen LogP contribution in [-0.4, -0.2) is 16.1 Å². The summed E-state index contributed by atoms with van der Waals surface area (Å²) in [6.07, 6.45) is 3.20. The molecule has 0 saturated heterocycles. The summed E-state index contributed by atoms with van der Waals surface area (Å²) in [5.41, 5.74) is 0. The van der Waals surface area contributed by atoms with E-state index in [2.05, 4.69) is 4.98 Å². The molecule has 0 radical (unpaired) electrons. The van der Waals surface area contributed by atoms with Crippen molar-refractivity contribution in [1.82, 2.24) is 4.98 Å². The summed E-state index contributed by atoms with van der Waals surface area (Å²) >= 11 is 6.99. The number of fused-ring (bicyclic) bond motifs is 1. The summed E-state index contributed by atoms with van der Waals surface area (Å²) in [5.74, 6) is -0.994. The third-order valence-electron chi connectivity index (χ3n) is 1.63. The maximum absolute atomic E-state index is 10.7. The van der Waals surface area contributed by atoms with Gasteiger partial charge in [-0.25, -0.2) is 4.79 Å². The number of pyridine rings is 1. The molecular weight excluding hydrogens is 210 g/mol. The second-order valence-corrected chi connectivity index (χ2v) is 3.85. The minimum Gasteiger partial charge on any atom is -0.477 e. The van der Waals surface area contributed by atoms with E-state index in [1.165, 1.54) is 0 Å². The number of thiophene rings is 1. The Morgan fingerprint density at radius 2 is 2.38 bits per heavy atom. The number of hydrogen-bond donors (Lipinski definition) is 1. The van der Waals surface area contributed by atoms with E-state index in [1.807, 2.05) is 0 Å². The lowest BCUT2D eigenvalue weighted by Crippen LogP contribution is -1.91. The molecule has 0 spiro atoms. The SMILES string of the molecule is O=C(O)c1sc2cnccc2c1Cl. The van der Waals surface area contributed by atoms with E-state index < -0.39 is 5.97 Å². The molecule has 13 heavy (non-hydrogen) atoms. The van der Waals surface area contributed by atoms with Crippen molar-refractivity contribution in [1.29, 1.82) is 0 Å². The van der Waals surface area contributed by atoms with Crippen molar-refractivity contribution < 1.29 is 9.90 Å². The molecule has 66 valence electrons. The molecule has 5 heteroatoms. The number of halogens is 1. The fourth-order valence-corrected chi connectivity index (χ4v) is 2.38. The first kappa shape index (κ1) is 8.47. The van der Waals surface area contributed by atoms with Crippen LogP contribution in [0.3, 0.4) is 0 Å². The molecule has 2 heterocycles. The van der Waals surface area contributed by atoms with Gasteiger partial charge in [0.25, 0.3) is 0 Å². The number of hydrogen-bond acceptors (Lipinski definition) is 3. The van der Waals surface area contributed by atoms with Gasteiger partial charge >= 0.3 is 5.97 Å². The van der Waals surface area contributed by atoms with Crippen molar-refractivity contribution in [3.63, 3.8) is 0 Å². The molecule has 0 bridgehead atoms. The van der Waals surface area contributed by atoms with E-state index in [4.69, 9.17) is 16.7 Å². The summed E-state index contributed by atoms with van der Waals surface area (Å²) in [7, 11) is 0.